The molecule has 0 saturated heterocycles. The lowest BCUT2D eigenvalue weighted by Gasteiger charge is -2.23. The number of benzene rings is 2. The second kappa shape index (κ2) is 9.72. The predicted octanol–water partition coefficient (Wildman–Crippen LogP) is 2.43. The lowest BCUT2D eigenvalue weighted by atomic mass is 10.0. The Labute approximate surface area is 179 Å². The molecule has 30 heavy (non-hydrogen) atoms. The summed E-state index contributed by atoms with van der Waals surface area (Å²) in [5.41, 5.74) is 2.61. The maximum absolute atomic E-state index is 12.6. The third-order valence-electron chi connectivity index (χ3n) is 4.72. The van der Waals surface area contributed by atoms with Crippen molar-refractivity contribution in [1.29, 1.82) is 0 Å². The molecule has 9 heteroatoms. The minimum absolute atomic E-state index is 0.104. The first-order valence-electron chi connectivity index (χ1n) is 9.50. The molecular formula is C21H28N2O5S2. The Morgan fingerprint density at radius 3 is 2.00 bits per heavy atom. The first-order chi connectivity index (χ1) is 13.9. The van der Waals surface area contributed by atoms with Gasteiger partial charge in [-0.05, 0) is 36.6 Å². The molecular weight excluding hydrogens is 424 g/mol. The summed E-state index contributed by atoms with van der Waals surface area (Å²) < 4.78 is 48.7. The fraction of sp³-hybridized carbons (Fsp3) is 0.381. The van der Waals surface area contributed by atoms with Crippen LogP contribution in [0.2, 0.25) is 0 Å². The summed E-state index contributed by atoms with van der Waals surface area (Å²) in [5.74, 6) is -0.424. The van der Waals surface area contributed by atoms with E-state index < -0.39 is 25.8 Å². The third-order valence-corrected chi connectivity index (χ3v) is 7.05. The number of hydrogen-bond acceptors (Lipinski definition) is 5. The quantitative estimate of drug-likeness (QED) is 0.630. The number of amides is 1. The van der Waals surface area contributed by atoms with Crippen LogP contribution in [0.5, 0.6) is 0 Å². The van der Waals surface area contributed by atoms with Gasteiger partial charge in [0.1, 0.15) is 0 Å². The molecule has 1 amide bonds. The Morgan fingerprint density at radius 2 is 1.53 bits per heavy atom. The molecule has 0 bridgehead atoms. The Balaban J connectivity index is 2.11. The van der Waals surface area contributed by atoms with Gasteiger partial charge in [-0.2, -0.15) is 4.31 Å². The van der Waals surface area contributed by atoms with Gasteiger partial charge in [0.25, 0.3) is 0 Å². The van der Waals surface area contributed by atoms with Crippen molar-refractivity contribution in [2.24, 2.45) is 0 Å². The fourth-order valence-corrected chi connectivity index (χ4v) is 4.32. The van der Waals surface area contributed by atoms with Crippen molar-refractivity contribution in [3.05, 3.63) is 65.2 Å². The van der Waals surface area contributed by atoms with Crippen LogP contribution in [0.15, 0.2) is 53.4 Å². The number of hydrogen-bond donors (Lipinski definition) is 1. The second-order valence-corrected chi connectivity index (χ2v) is 11.4. The highest BCUT2D eigenvalue weighted by Crippen LogP contribution is 2.19. The van der Waals surface area contributed by atoms with Gasteiger partial charge in [0.15, 0.2) is 9.84 Å². The highest BCUT2D eigenvalue weighted by Gasteiger charge is 2.22. The number of sulfone groups is 1. The Bertz CT molecular complexity index is 1080. The van der Waals surface area contributed by atoms with Crippen LogP contribution >= 0.6 is 0 Å². The summed E-state index contributed by atoms with van der Waals surface area (Å²) in [6.45, 7) is 3.63. The minimum Gasteiger partial charge on any atom is -0.348 e. The van der Waals surface area contributed by atoms with Crippen LogP contribution in [0.4, 0.5) is 0 Å². The summed E-state index contributed by atoms with van der Waals surface area (Å²) in [7, 11) is -6.89. The molecule has 0 aliphatic rings. The Kier molecular flexibility index (Phi) is 7.79. The molecule has 2 aromatic carbocycles. The number of carbonyl (C=O) groups excluding carboxylic acids is 1. The van der Waals surface area contributed by atoms with Gasteiger partial charge in [-0.25, -0.2) is 16.8 Å². The van der Waals surface area contributed by atoms with Crippen molar-refractivity contribution >= 4 is 25.8 Å². The van der Waals surface area contributed by atoms with E-state index in [1.54, 1.807) is 12.1 Å². The lowest BCUT2D eigenvalue weighted by molar-refractivity contribution is -0.122. The summed E-state index contributed by atoms with van der Waals surface area (Å²) >= 11 is 0. The van der Waals surface area contributed by atoms with Crippen molar-refractivity contribution in [2.75, 3.05) is 19.1 Å². The highest BCUT2D eigenvalue weighted by atomic mass is 32.2. The normalized spacial score (nSPS) is 13.2. The molecule has 2 aromatic rings. The molecule has 0 aliphatic heterocycles. The van der Waals surface area contributed by atoms with Crippen molar-refractivity contribution in [1.82, 2.24) is 9.62 Å². The van der Waals surface area contributed by atoms with Crippen molar-refractivity contribution in [3.63, 3.8) is 0 Å². The van der Waals surface area contributed by atoms with E-state index in [1.165, 1.54) is 12.1 Å². The van der Waals surface area contributed by atoms with Crippen LogP contribution in [0.1, 0.15) is 36.1 Å². The maximum Gasteiger partial charge on any atom is 0.235 e. The smallest absolute Gasteiger partial charge is 0.235 e. The zero-order valence-corrected chi connectivity index (χ0v) is 19.3. The number of nitrogens with one attached hydrogen (secondary N) is 1. The van der Waals surface area contributed by atoms with E-state index in [0.29, 0.717) is 6.42 Å². The average Bonchev–Trinajstić information content (AvgIpc) is 2.66. The lowest BCUT2D eigenvalue weighted by Crippen LogP contribution is -2.41. The zero-order valence-electron chi connectivity index (χ0n) is 17.6. The predicted molar refractivity (Wildman–Crippen MR) is 117 cm³/mol. The van der Waals surface area contributed by atoms with E-state index in [9.17, 15) is 21.6 Å². The van der Waals surface area contributed by atoms with Crippen molar-refractivity contribution < 1.29 is 21.6 Å². The molecule has 0 aromatic heterocycles. The molecule has 0 radical (unpaired) electrons. The van der Waals surface area contributed by atoms with Gasteiger partial charge in [-0.3, -0.25) is 4.79 Å². The van der Waals surface area contributed by atoms with Gasteiger partial charge >= 0.3 is 0 Å². The summed E-state index contributed by atoms with van der Waals surface area (Å²) in [6.07, 6.45) is 2.78. The maximum atomic E-state index is 12.6. The van der Waals surface area contributed by atoms with Gasteiger partial charge in [0.05, 0.1) is 23.7 Å². The van der Waals surface area contributed by atoms with Gasteiger partial charge in [0.2, 0.25) is 15.9 Å². The number of aryl methyl sites for hydroxylation is 1. The van der Waals surface area contributed by atoms with Crippen molar-refractivity contribution in [3.8, 4) is 0 Å². The molecule has 0 saturated carbocycles. The number of sulfonamides is 1. The monoisotopic (exact) mass is 452 g/mol. The van der Waals surface area contributed by atoms with E-state index >= 15 is 0 Å². The van der Waals surface area contributed by atoms with Crippen LogP contribution in [0, 0.1) is 6.92 Å². The Morgan fingerprint density at radius 1 is 0.967 bits per heavy atom. The van der Waals surface area contributed by atoms with E-state index in [4.69, 9.17) is 0 Å². The zero-order chi connectivity index (χ0) is 22.5. The van der Waals surface area contributed by atoms with Crippen LogP contribution < -0.4 is 5.32 Å². The van der Waals surface area contributed by atoms with Gasteiger partial charge in [0, 0.05) is 12.8 Å². The van der Waals surface area contributed by atoms with E-state index in [0.717, 1.165) is 33.5 Å². The third kappa shape index (κ3) is 6.93. The van der Waals surface area contributed by atoms with Gasteiger partial charge in [-0.15, -0.1) is 0 Å². The van der Waals surface area contributed by atoms with Crippen LogP contribution in [-0.2, 0) is 31.2 Å². The molecule has 0 spiro atoms. The van der Waals surface area contributed by atoms with E-state index in [-0.39, 0.29) is 24.0 Å². The minimum atomic E-state index is -3.59. The molecule has 0 aliphatic carbocycles. The molecule has 164 valence electrons. The van der Waals surface area contributed by atoms with Crippen LogP contribution in [-0.4, -0.2) is 46.1 Å². The summed E-state index contributed by atoms with van der Waals surface area (Å²) in [6, 6.07) is 13.4. The summed E-state index contributed by atoms with van der Waals surface area (Å²) in [4.78, 5) is 12.8. The molecule has 1 N–H and O–H groups in total. The molecule has 0 heterocycles. The molecule has 1 atom stereocenters. The number of nitrogens with zero attached hydrogens (tertiary/aromatic N) is 1. The topological polar surface area (TPSA) is 101 Å². The largest absolute Gasteiger partial charge is 0.348 e. The molecule has 2 rings (SSSR count). The molecule has 7 nitrogen and oxygen atoms in total. The molecule has 0 unspecified atom stereocenters. The van der Waals surface area contributed by atoms with Gasteiger partial charge in [-0.1, -0.05) is 48.9 Å². The standard InChI is InChI=1S/C21H28N2O5S2/c1-5-20(18-10-12-19(13-11-18)29(3,25)26)22-21(24)15-23(30(4,27)28)14-17-8-6-16(2)7-9-17/h6-13,20H,5,14-15H2,1-4H3,(H,22,24)/t20-/m1/s1. The average molecular weight is 453 g/mol. The highest BCUT2D eigenvalue weighted by molar-refractivity contribution is 7.90. The van der Waals surface area contributed by atoms with E-state index in [1.807, 2.05) is 38.1 Å². The first-order valence-corrected chi connectivity index (χ1v) is 13.2. The number of rotatable bonds is 9. The fourth-order valence-electron chi connectivity index (χ4n) is 2.96. The SMILES string of the molecule is CC[C@@H](NC(=O)CN(Cc1ccc(C)cc1)S(C)(=O)=O)c1ccc(S(C)(=O)=O)cc1. The van der Waals surface area contributed by atoms with Crippen molar-refractivity contribution in [2.45, 2.75) is 37.8 Å². The second-order valence-electron chi connectivity index (χ2n) is 7.39. The summed E-state index contributed by atoms with van der Waals surface area (Å²) in [5, 5.41) is 2.84. The van der Waals surface area contributed by atoms with E-state index in [2.05, 4.69) is 5.32 Å². The molecule has 0 fully saturated rings. The van der Waals surface area contributed by atoms with Crippen LogP contribution in [0.3, 0.4) is 0 Å². The first kappa shape index (κ1) is 24.0. The Hall–Kier alpha value is -2.23. The van der Waals surface area contributed by atoms with Gasteiger partial charge < -0.3 is 5.32 Å². The number of carbonyl (C=O) groups is 1. The van der Waals surface area contributed by atoms with Crippen LogP contribution in [0.25, 0.3) is 0 Å².